The van der Waals surface area contributed by atoms with Crippen LogP contribution in [0.3, 0.4) is 0 Å². The first kappa shape index (κ1) is 36.7. The minimum absolute atomic E-state index is 0.0448. The quantitative estimate of drug-likeness (QED) is 0.105. The number of anilines is 1. The summed E-state index contributed by atoms with van der Waals surface area (Å²) in [5, 5.41) is 20.9. The number of phenols is 2. The van der Waals surface area contributed by atoms with E-state index in [1.54, 1.807) is 13.2 Å². The molecule has 0 aliphatic carbocycles. The summed E-state index contributed by atoms with van der Waals surface area (Å²) >= 11 is 0. The van der Waals surface area contributed by atoms with Gasteiger partial charge in [0.15, 0.2) is 11.5 Å². The topological polar surface area (TPSA) is 91.2 Å². The Morgan fingerprint density at radius 1 is 0.769 bits per heavy atom. The molecule has 1 saturated heterocycles. The van der Waals surface area contributed by atoms with Crippen LogP contribution in [0.5, 0.6) is 23.0 Å². The number of piperidine rings is 1. The molecular formula is C44H52N4O4. The van der Waals surface area contributed by atoms with Crippen molar-refractivity contribution in [1.29, 1.82) is 0 Å². The van der Waals surface area contributed by atoms with Gasteiger partial charge in [-0.2, -0.15) is 0 Å². The maximum absolute atomic E-state index is 10.5. The molecule has 1 aliphatic rings. The van der Waals surface area contributed by atoms with Crippen LogP contribution in [0.4, 0.5) is 5.69 Å². The Labute approximate surface area is 308 Å². The summed E-state index contributed by atoms with van der Waals surface area (Å²) in [5.41, 5.74) is 9.35. The SMILES string of the molecule is CCCc1cc(OC)cc(-c2cncc(CN3CCC(N(Cc4ccnc(-c5cc(O)c(O)c(CCC)c5)c4)c4ccc(OCC)cc4)CC3)c2)c1. The Hall–Kier alpha value is -5.08. The molecule has 1 aliphatic heterocycles. The van der Waals surface area contributed by atoms with Gasteiger partial charge in [-0.3, -0.25) is 14.9 Å². The third-order valence-corrected chi connectivity index (χ3v) is 9.91. The van der Waals surface area contributed by atoms with E-state index in [1.165, 1.54) is 11.1 Å². The molecule has 2 N–H and O–H groups in total. The number of rotatable bonds is 15. The van der Waals surface area contributed by atoms with Gasteiger partial charge in [-0.05, 0) is 127 Å². The number of hydrogen-bond donors (Lipinski definition) is 2. The second kappa shape index (κ2) is 17.4. The molecule has 0 bridgehead atoms. The molecule has 272 valence electrons. The van der Waals surface area contributed by atoms with Crippen molar-refractivity contribution in [3.8, 4) is 45.4 Å². The number of methoxy groups -OCH3 is 1. The van der Waals surface area contributed by atoms with Crippen LogP contribution in [-0.2, 0) is 25.9 Å². The van der Waals surface area contributed by atoms with Crippen LogP contribution in [0.25, 0.3) is 22.4 Å². The Morgan fingerprint density at radius 3 is 2.27 bits per heavy atom. The number of benzene rings is 3. The Kier molecular flexibility index (Phi) is 12.3. The number of pyridine rings is 2. The van der Waals surface area contributed by atoms with E-state index in [9.17, 15) is 10.2 Å². The summed E-state index contributed by atoms with van der Waals surface area (Å²) in [5.74, 6) is 1.60. The van der Waals surface area contributed by atoms with Crippen molar-refractivity contribution >= 4 is 5.69 Å². The highest BCUT2D eigenvalue weighted by Gasteiger charge is 2.26. The summed E-state index contributed by atoms with van der Waals surface area (Å²) in [6.07, 6.45) is 11.5. The fourth-order valence-electron chi connectivity index (χ4n) is 7.30. The van der Waals surface area contributed by atoms with E-state index >= 15 is 0 Å². The lowest BCUT2D eigenvalue weighted by Gasteiger charge is -2.40. The average Bonchev–Trinajstić information content (AvgIpc) is 3.17. The van der Waals surface area contributed by atoms with Crippen LogP contribution in [0.1, 0.15) is 68.7 Å². The second-order valence-electron chi connectivity index (χ2n) is 13.8. The first-order chi connectivity index (χ1) is 25.4. The Morgan fingerprint density at radius 2 is 1.54 bits per heavy atom. The van der Waals surface area contributed by atoms with Crippen LogP contribution >= 0.6 is 0 Å². The van der Waals surface area contributed by atoms with E-state index in [1.807, 2.05) is 31.6 Å². The molecule has 0 spiro atoms. The average molecular weight is 701 g/mol. The zero-order chi connectivity index (χ0) is 36.5. The molecule has 8 nitrogen and oxygen atoms in total. The maximum Gasteiger partial charge on any atom is 0.160 e. The lowest BCUT2D eigenvalue weighted by atomic mass is 9.99. The summed E-state index contributed by atoms with van der Waals surface area (Å²) in [7, 11) is 1.73. The molecule has 0 saturated carbocycles. The van der Waals surface area contributed by atoms with Crippen molar-refractivity contribution in [1.82, 2.24) is 14.9 Å². The molecule has 3 heterocycles. The molecule has 0 atom stereocenters. The molecule has 0 amide bonds. The predicted octanol–water partition coefficient (Wildman–Crippen LogP) is 9.21. The van der Waals surface area contributed by atoms with E-state index in [0.717, 1.165) is 102 Å². The van der Waals surface area contributed by atoms with Gasteiger partial charge in [0.2, 0.25) is 0 Å². The van der Waals surface area contributed by atoms with E-state index in [0.29, 0.717) is 25.6 Å². The third kappa shape index (κ3) is 9.04. The number of likely N-dealkylation sites (tertiary alicyclic amines) is 1. The fourth-order valence-corrected chi connectivity index (χ4v) is 7.30. The molecular weight excluding hydrogens is 649 g/mol. The predicted molar refractivity (Wildman–Crippen MR) is 209 cm³/mol. The van der Waals surface area contributed by atoms with Crippen LogP contribution in [-0.4, -0.2) is 57.9 Å². The van der Waals surface area contributed by atoms with E-state index in [-0.39, 0.29) is 11.5 Å². The number of hydrogen-bond acceptors (Lipinski definition) is 8. The third-order valence-electron chi connectivity index (χ3n) is 9.91. The monoisotopic (exact) mass is 700 g/mol. The normalized spacial score (nSPS) is 13.6. The summed E-state index contributed by atoms with van der Waals surface area (Å²) in [6.45, 7) is 10.4. The van der Waals surface area contributed by atoms with Gasteiger partial charge in [-0.1, -0.05) is 32.8 Å². The second-order valence-corrected chi connectivity index (χ2v) is 13.8. The smallest absolute Gasteiger partial charge is 0.160 e. The molecule has 3 aromatic carbocycles. The molecule has 1 fully saturated rings. The highest BCUT2D eigenvalue weighted by atomic mass is 16.5. The number of nitrogens with zero attached hydrogens (tertiary/aromatic N) is 4. The minimum Gasteiger partial charge on any atom is -0.504 e. The summed E-state index contributed by atoms with van der Waals surface area (Å²) in [6, 6.07) is 25.3. The van der Waals surface area contributed by atoms with Crippen LogP contribution < -0.4 is 14.4 Å². The highest BCUT2D eigenvalue weighted by molar-refractivity contribution is 5.67. The van der Waals surface area contributed by atoms with Gasteiger partial charge in [0.25, 0.3) is 0 Å². The van der Waals surface area contributed by atoms with Crippen molar-refractivity contribution in [2.75, 3.05) is 31.7 Å². The lowest BCUT2D eigenvalue weighted by Crippen LogP contribution is -2.44. The van der Waals surface area contributed by atoms with Gasteiger partial charge in [0.05, 0.1) is 19.4 Å². The van der Waals surface area contributed by atoms with Gasteiger partial charge in [-0.15, -0.1) is 0 Å². The number of aromatic hydroxyl groups is 2. The number of phenolic OH excluding ortho intramolecular Hbond substituents is 2. The number of aromatic nitrogens is 2. The van der Waals surface area contributed by atoms with E-state index < -0.39 is 0 Å². The number of aryl methyl sites for hydroxylation is 2. The molecule has 0 radical (unpaired) electrons. The Bertz CT molecular complexity index is 1920. The lowest BCUT2D eigenvalue weighted by molar-refractivity contribution is 0.200. The molecule has 0 unspecified atom stereocenters. The minimum atomic E-state index is -0.111. The summed E-state index contributed by atoms with van der Waals surface area (Å²) in [4.78, 5) is 14.4. The van der Waals surface area contributed by atoms with E-state index in [2.05, 4.69) is 94.3 Å². The largest absolute Gasteiger partial charge is 0.504 e. The summed E-state index contributed by atoms with van der Waals surface area (Å²) < 4.78 is 11.4. The molecule has 6 rings (SSSR count). The first-order valence-electron chi connectivity index (χ1n) is 18.7. The van der Waals surface area contributed by atoms with Crippen LogP contribution in [0, 0.1) is 0 Å². The van der Waals surface area contributed by atoms with Gasteiger partial charge in [-0.25, -0.2) is 0 Å². The van der Waals surface area contributed by atoms with E-state index in [4.69, 9.17) is 9.47 Å². The Balaban J connectivity index is 1.19. The zero-order valence-electron chi connectivity index (χ0n) is 31.0. The van der Waals surface area contributed by atoms with Crippen molar-refractivity contribution in [3.63, 3.8) is 0 Å². The number of ether oxygens (including phenoxy) is 2. The molecule has 8 heteroatoms. The molecule has 2 aromatic heterocycles. The van der Waals surface area contributed by atoms with Crippen LogP contribution in [0.15, 0.2) is 91.4 Å². The fraction of sp³-hybridized carbons (Fsp3) is 0.364. The first-order valence-corrected chi connectivity index (χ1v) is 18.7. The van der Waals surface area contributed by atoms with Crippen LogP contribution in [0.2, 0.25) is 0 Å². The molecule has 5 aromatic rings. The zero-order valence-corrected chi connectivity index (χ0v) is 31.0. The maximum atomic E-state index is 10.5. The standard InChI is InChI=1S/C44H52N4O4/c1-5-8-31-20-35(25-41(22-31)51-4)37-21-33(27-45-28-37)29-47-18-15-39(16-19-47)48(38-10-12-40(13-11-38)52-7-3)30-32-14-17-46-42(23-32)36-24-34(9-6-2)44(50)43(49)26-36/h10-14,17,20-28,39,49-50H,5-9,15-16,18-19,29-30H2,1-4H3. The molecule has 52 heavy (non-hydrogen) atoms. The van der Waals surface area contributed by atoms with Gasteiger partial charge in [0.1, 0.15) is 11.5 Å². The highest BCUT2D eigenvalue weighted by Crippen LogP contribution is 2.36. The van der Waals surface area contributed by atoms with Crippen molar-refractivity contribution in [3.05, 3.63) is 114 Å². The van der Waals surface area contributed by atoms with Crippen molar-refractivity contribution in [2.24, 2.45) is 0 Å². The van der Waals surface area contributed by atoms with Gasteiger partial charge >= 0.3 is 0 Å². The van der Waals surface area contributed by atoms with Crippen molar-refractivity contribution < 1.29 is 19.7 Å². The van der Waals surface area contributed by atoms with Gasteiger partial charge in [0, 0.05) is 67.6 Å². The van der Waals surface area contributed by atoms with Gasteiger partial charge < -0.3 is 24.6 Å². The van der Waals surface area contributed by atoms with Crippen molar-refractivity contribution in [2.45, 2.75) is 78.4 Å².